The van der Waals surface area contributed by atoms with E-state index in [0.29, 0.717) is 33.5 Å². The molecule has 2 aromatic heterocycles. The van der Waals surface area contributed by atoms with Gasteiger partial charge in [0.15, 0.2) is 0 Å². The number of aromatic nitrogens is 1. The highest BCUT2D eigenvalue weighted by molar-refractivity contribution is 7.23. The zero-order chi connectivity index (χ0) is 22.5. The summed E-state index contributed by atoms with van der Waals surface area (Å²) in [5.41, 5.74) is 2.70. The van der Waals surface area contributed by atoms with E-state index < -0.39 is 11.6 Å². The van der Waals surface area contributed by atoms with Gasteiger partial charge < -0.3 is 20.3 Å². The van der Waals surface area contributed by atoms with Crippen molar-refractivity contribution >= 4 is 56.8 Å². The predicted molar refractivity (Wildman–Crippen MR) is 125 cm³/mol. The summed E-state index contributed by atoms with van der Waals surface area (Å²) in [6.07, 6.45) is -0.329. The first-order valence-corrected chi connectivity index (χ1v) is 11.5. The van der Waals surface area contributed by atoms with Gasteiger partial charge in [0.05, 0.1) is 15.2 Å². The Morgan fingerprint density at radius 3 is 2.65 bits per heavy atom. The molecule has 0 saturated heterocycles. The highest BCUT2D eigenvalue weighted by Gasteiger charge is 2.38. The Hall–Kier alpha value is -2.22. The molecule has 0 fully saturated rings. The molecule has 6 nitrogen and oxygen atoms in total. The van der Waals surface area contributed by atoms with Gasteiger partial charge in [-0.3, -0.25) is 4.79 Å². The topological polar surface area (TPSA) is 85.4 Å². The number of carbonyl (C=O) groups is 2. The Kier molecular flexibility index (Phi) is 5.70. The molecular formula is C22H23Cl2N3O3S. The van der Waals surface area contributed by atoms with Crippen LogP contribution in [-0.2, 0) is 6.42 Å². The quantitative estimate of drug-likeness (QED) is 0.444. The van der Waals surface area contributed by atoms with Crippen LogP contribution in [0.2, 0.25) is 9.36 Å². The van der Waals surface area contributed by atoms with E-state index in [2.05, 4.69) is 10.3 Å². The molecule has 0 aliphatic heterocycles. The number of hydrogen-bond donors (Lipinski definition) is 3. The van der Waals surface area contributed by atoms with Crippen LogP contribution in [0, 0.1) is 0 Å². The number of benzene rings is 1. The van der Waals surface area contributed by atoms with Gasteiger partial charge in [-0.25, -0.2) is 4.79 Å². The molecule has 4 rings (SSSR count). The number of amides is 2. The first-order chi connectivity index (χ1) is 14.6. The fourth-order valence-corrected chi connectivity index (χ4v) is 5.66. The highest BCUT2D eigenvalue weighted by atomic mass is 35.5. The summed E-state index contributed by atoms with van der Waals surface area (Å²) in [6.45, 7) is 5.91. The van der Waals surface area contributed by atoms with Gasteiger partial charge in [0.2, 0.25) is 0 Å². The maximum atomic E-state index is 13.0. The molecule has 1 aliphatic carbocycles. The number of hydrogen-bond acceptors (Lipinski definition) is 3. The van der Waals surface area contributed by atoms with Crippen molar-refractivity contribution < 1.29 is 14.7 Å². The lowest BCUT2D eigenvalue weighted by Crippen LogP contribution is -2.50. The molecule has 0 bridgehead atoms. The molecule has 0 saturated carbocycles. The van der Waals surface area contributed by atoms with Gasteiger partial charge in [-0.1, -0.05) is 47.5 Å². The number of carboxylic acid groups (broad SMARTS) is 1. The maximum absolute atomic E-state index is 13.0. The summed E-state index contributed by atoms with van der Waals surface area (Å²) in [5.74, 6) is -0.402. The number of rotatable bonds is 4. The minimum absolute atomic E-state index is 0.149. The number of aromatic amines is 1. The Morgan fingerprint density at radius 1 is 1.29 bits per heavy atom. The van der Waals surface area contributed by atoms with Crippen LogP contribution in [0.1, 0.15) is 48.3 Å². The van der Waals surface area contributed by atoms with Gasteiger partial charge >= 0.3 is 6.09 Å². The van der Waals surface area contributed by atoms with Gasteiger partial charge in [0.1, 0.15) is 10.0 Å². The molecular weight excluding hydrogens is 457 g/mol. The van der Waals surface area contributed by atoms with E-state index in [-0.39, 0.29) is 17.9 Å². The molecule has 3 aromatic rings. The van der Waals surface area contributed by atoms with Crippen molar-refractivity contribution in [2.45, 2.75) is 44.7 Å². The predicted octanol–water partition coefficient (Wildman–Crippen LogP) is 5.75. The van der Waals surface area contributed by atoms with E-state index in [9.17, 15) is 14.7 Å². The fourth-order valence-electron chi connectivity index (χ4n) is 4.18. The molecule has 3 N–H and O–H groups in total. The minimum atomic E-state index is -0.974. The zero-order valence-corrected chi connectivity index (χ0v) is 19.7. The summed E-state index contributed by atoms with van der Waals surface area (Å²) in [6, 6.07) is 9.47. The number of thiophene rings is 1. The van der Waals surface area contributed by atoms with Crippen LogP contribution in [0.15, 0.2) is 30.3 Å². The standard InChI is InChI=1S/C22H23Cl2N3O3S/c1-22(2,3)27(21(29)30)10-13-12-7-5-4-6-11(12)8-14(13)26-20(28)15-9-16-18(25-15)17(23)19(24)31-16/h4-7,9,13-14,25H,8,10H2,1-3H3,(H,26,28)(H,29,30)/t13-,14+/m0/s1. The van der Waals surface area contributed by atoms with E-state index in [4.69, 9.17) is 23.2 Å². The van der Waals surface area contributed by atoms with Gasteiger partial charge in [0, 0.05) is 24.0 Å². The molecule has 31 heavy (non-hydrogen) atoms. The van der Waals surface area contributed by atoms with E-state index >= 15 is 0 Å². The Labute approximate surface area is 194 Å². The molecule has 0 spiro atoms. The summed E-state index contributed by atoms with van der Waals surface area (Å²) >= 11 is 13.6. The van der Waals surface area contributed by atoms with E-state index in [1.807, 2.05) is 45.0 Å². The number of fused-ring (bicyclic) bond motifs is 2. The molecule has 9 heteroatoms. The lowest BCUT2D eigenvalue weighted by atomic mass is 9.95. The van der Waals surface area contributed by atoms with Crippen molar-refractivity contribution in [3.05, 3.63) is 56.5 Å². The third-order valence-electron chi connectivity index (χ3n) is 5.73. The third-order valence-corrected chi connectivity index (χ3v) is 7.67. The average molecular weight is 480 g/mol. The largest absolute Gasteiger partial charge is 0.465 e. The highest BCUT2D eigenvalue weighted by Crippen LogP contribution is 2.39. The summed E-state index contributed by atoms with van der Waals surface area (Å²) in [5, 5.41) is 13.3. The molecule has 0 radical (unpaired) electrons. The number of nitrogens with zero attached hydrogens (tertiary/aromatic N) is 1. The normalized spacial score (nSPS) is 18.2. The van der Waals surface area contributed by atoms with Crippen molar-refractivity contribution in [3.63, 3.8) is 0 Å². The van der Waals surface area contributed by atoms with E-state index in [1.54, 1.807) is 6.07 Å². The zero-order valence-electron chi connectivity index (χ0n) is 17.3. The molecule has 0 unspecified atom stereocenters. The summed E-state index contributed by atoms with van der Waals surface area (Å²) < 4.78 is 1.30. The van der Waals surface area contributed by atoms with Crippen molar-refractivity contribution in [2.75, 3.05) is 6.54 Å². The first kappa shape index (κ1) is 22.0. The van der Waals surface area contributed by atoms with E-state index in [1.165, 1.54) is 16.2 Å². The fraction of sp³-hybridized carbons (Fsp3) is 0.364. The third kappa shape index (κ3) is 4.14. The van der Waals surface area contributed by atoms with Crippen LogP contribution in [0.5, 0.6) is 0 Å². The Bertz CT molecular complexity index is 1160. The number of H-pyrrole nitrogens is 1. The van der Waals surface area contributed by atoms with Crippen LogP contribution in [0.4, 0.5) is 4.79 Å². The van der Waals surface area contributed by atoms with Crippen molar-refractivity contribution in [3.8, 4) is 0 Å². The van der Waals surface area contributed by atoms with Crippen molar-refractivity contribution in [1.29, 1.82) is 0 Å². The number of halogens is 2. The number of carbonyl (C=O) groups excluding carboxylic acids is 1. The van der Waals surface area contributed by atoms with Crippen LogP contribution in [-0.4, -0.2) is 45.1 Å². The van der Waals surface area contributed by atoms with E-state index in [0.717, 1.165) is 15.8 Å². The monoisotopic (exact) mass is 479 g/mol. The summed E-state index contributed by atoms with van der Waals surface area (Å²) in [7, 11) is 0. The second-order valence-electron chi connectivity index (χ2n) is 8.77. The maximum Gasteiger partial charge on any atom is 0.407 e. The van der Waals surface area contributed by atoms with Crippen LogP contribution >= 0.6 is 34.5 Å². The lowest BCUT2D eigenvalue weighted by Gasteiger charge is -2.36. The molecule has 1 aliphatic rings. The van der Waals surface area contributed by atoms with Crippen molar-refractivity contribution in [2.24, 2.45) is 0 Å². The van der Waals surface area contributed by atoms with Crippen LogP contribution in [0.25, 0.3) is 10.2 Å². The smallest absolute Gasteiger partial charge is 0.407 e. The Balaban J connectivity index is 1.61. The minimum Gasteiger partial charge on any atom is -0.465 e. The molecule has 1 aromatic carbocycles. The molecule has 2 amide bonds. The van der Waals surface area contributed by atoms with Gasteiger partial charge in [-0.2, -0.15) is 0 Å². The molecule has 164 valence electrons. The van der Waals surface area contributed by atoms with Crippen molar-refractivity contribution in [1.82, 2.24) is 15.2 Å². The molecule has 2 atom stereocenters. The van der Waals surface area contributed by atoms with Gasteiger partial charge in [-0.05, 0) is 44.4 Å². The van der Waals surface area contributed by atoms with Crippen LogP contribution in [0.3, 0.4) is 0 Å². The number of nitrogens with one attached hydrogen (secondary N) is 2. The van der Waals surface area contributed by atoms with Gasteiger partial charge in [0.25, 0.3) is 5.91 Å². The molecule has 2 heterocycles. The second kappa shape index (κ2) is 8.04. The first-order valence-electron chi connectivity index (χ1n) is 9.92. The van der Waals surface area contributed by atoms with Crippen LogP contribution < -0.4 is 5.32 Å². The Morgan fingerprint density at radius 2 is 2.00 bits per heavy atom. The lowest BCUT2D eigenvalue weighted by molar-refractivity contribution is 0.0877. The van der Waals surface area contributed by atoms with Gasteiger partial charge in [-0.15, -0.1) is 11.3 Å². The second-order valence-corrected chi connectivity index (χ2v) is 10.8. The average Bonchev–Trinajstić information content (AvgIpc) is 3.32. The summed E-state index contributed by atoms with van der Waals surface area (Å²) in [4.78, 5) is 29.5. The SMILES string of the molecule is CC(C)(C)N(C[C@H]1c2ccccc2C[C@H]1NC(=O)c1cc2sc(Cl)c(Cl)c2[nH]1)C(=O)O.